The monoisotopic (exact) mass is 492 g/mol. The maximum Gasteiger partial charge on any atom is 0.312 e. The van der Waals surface area contributed by atoms with E-state index in [4.69, 9.17) is 18.6 Å². The van der Waals surface area contributed by atoms with Crippen LogP contribution in [-0.2, 0) is 4.79 Å². The van der Waals surface area contributed by atoms with Crippen molar-refractivity contribution >= 4 is 16.9 Å². The Morgan fingerprint density at radius 3 is 2.39 bits per heavy atom. The molecular formula is C26H20O10. The van der Waals surface area contributed by atoms with Gasteiger partial charge in [-0.25, -0.2) is 0 Å². The molecule has 4 N–H and O–H groups in total. The van der Waals surface area contributed by atoms with Crippen LogP contribution in [0.1, 0.15) is 23.5 Å². The van der Waals surface area contributed by atoms with Crippen LogP contribution in [0.3, 0.4) is 0 Å². The van der Waals surface area contributed by atoms with E-state index < -0.39 is 40.3 Å². The topological polar surface area (TPSA) is 156 Å². The average molecular weight is 492 g/mol. The summed E-state index contributed by atoms with van der Waals surface area (Å²) in [6.45, 7) is 0. The van der Waals surface area contributed by atoms with Crippen LogP contribution in [0.2, 0.25) is 0 Å². The van der Waals surface area contributed by atoms with Gasteiger partial charge in [0.1, 0.15) is 22.5 Å². The maximum atomic E-state index is 13.2. The Balaban J connectivity index is 1.87. The summed E-state index contributed by atoms with van der Waals surface area (Å²) < 4.78 is 22.3. The number of hydrogen-bond donors (Lipinski definition) is 4. The zero-order chi connectivity index (χ0) is 25.7. The highest BCUT2D eigenvalue weighted by Crippen LogP contribution is 2.50. The molecule has 0 saturated carbocycles. The Morgan fingerprint density at radius 2 is 1.69 bits per heavy atom. The standard InChI is InChI=1S/C26H20O10/c1-33-17-5-3-4-12(25(17)34-2)13-9-19(30)35-18-10-16(29)21-22(31)23(32)24(36-26(21)20(13)18)11-6-7-14(27)15(28)8-11/h3-8,10,13,27-29,32H,9H2,1-2H3/t13-/m0/s1. The number of phenols is 3. The number of methoxy groups -OCH3 is 2. The number of rotatable bonds is 4. The van der Waals surface area contributed by atoms with Crippen molar-refractivity contribution < 1.29 is 43.8 Å². The molecule has 0 aliphatic carbocycles. The van der Waals surface area contributed by atoms with Crippen molar-refractivity contribution in [3.8, 4) is 51.6 Å². The van der Waals surface area contributed by atoms with Crippen LogP contribution in [0.25, 0.3) is 22.3 Å². The second-order valence-corrected chi connectivity index (χ2v) is 8.14. The van der Waals surface area contributed by atoms with Gasteiger partial charge in [0, 0.05) is 28.7 Å². The molecule has 0 radical (unpaired) electrons. The SMILES string of the molecule is COc1cccc([C@@H]2CC(=O)Oc3cc(O)c4c(=O)c(O)c(-c5ccc(O)c(O)c5)oc4c32)c1OC. The summed E-state index contributed by atoms with van der Waals surface area (Å²) in [7, 11) is 2.92. The summed E-state index contributed by atoms with van der Waals surface area (Å²) in [5.74, 6) is -3.17. The lowest BCUT2D eigenvalue weighted by atomic mass is 9.84. The Morgan fingerprint density at radius 1 is 0.917 bits per heavy atom. The maximum absolute atomic E-state index is 13.2. The minimum absolute atomic E-state index is 0.0283. The number of hydrogen-bond acceptors (Lipinski definition) is 10. The van der Waals surface area contributed by atoms with E-state index in [0.717, 1.165) is 18.2 Å². The van der Waals surface area contributed by atoms with Crippen molar-refractivity contribution in [3.05, 3.63) is 63.8 Å². The van der Waals surface area contributed by atoms with Gasteiger partial charge in [-0.05, 0) is 24.3 Å². The van der Waals surface area contributed by atoms with Gasteiger partial charge in [0.2, 0.25) is 11.2 Å². The zero-order valence-electron chi connectivity index (χ0n) is 19.1. The minimum atomic E-state index is -0.938. The quantitative estimate of drug-likeness (QED) is 0.188. The number of para-hydroxylation sites is 1. The number of esters is 1. The van der Waals surface area contributed by atoms with E-state index in [-0.39, 0.29) is 40.0 Å². The van der Waals surface area contributed by atoms with Gasteiger partial charge in [0.15, 0.2) is 28.8 Å². The Labute approximate surface area is 203 Å². The average Bonchev–Trinajstić information content (AvgIpc) is 2.86. The van der Waals surface area contributed by atoms with Crippen LogP contribution in [0, 0.1) is 0 Å². The fourth-order valence-corrected chi connectivity index (χ4v) is 4.49. The van der Waals surface area contributed by atoms with Crippen molar-refractivity contribution in [3.63, 3.8) is 0 Å². The largest absolute Gasteiger partial charge is 0.507 e. The first-order chi connectivity index (χ1) is 17.2. The van der Waals surface area contributed by atoms with Gasteiger partial charge in [0.05, 0.1) is 20.6 Å². The van der Waals surface area contributed by atoms with Crippen LogP contribution in [-0.4, -0.2) is 40.6 Å². The van der Waals surface area contributed by atoms with Crippen molar-refractivity contribution in [2.45, 2.75) is 12.3 Å². The number of phenolic OH excluding ortho intramolecular Hbond substituents is 3. The molecule has 0 unspecified atom stereocenters. The molecule has 0 saturated heterocycles. The molecule has 10 heteroatoms. The van der Waals surface area contributed by atoms with Crippen molar-refractivity contribution in [2.24, 2.45) is 0 Å². The van der Waals surface area contributed by atoms with Gasteiger partial charge in [-0.15, -0.1) is 0 Å². The van der Waals surface area contributed by atoms with Gasteiger partial charge >= 0.3 is 5.97 Å². The van der Waals surface area contributed by atoms with Gasteiger partial charge < -0.3 is 39.1 Å². The molecule has 184 valence electrons. The fraction of sp³-hybridized carbons (Fsp3) is 0.154. The van der Waals surface area contributed by atoms with E-state index >= 15 is 0 Å². The van der Waals surface area contributed by atoms with Crippen LogP contribution >= 0.6 is 0 Å². The highest BCUT2D eigenvalue weighted by Gasteiger charge is 2.36. The van der Waals surface area contributed by atoms with E-state index in [0.29, 0.717) is 17.1 Å². The smallest absolute Gasteiger partial charge is 0.312 e. The predicted octanol–water partition coefficient (Wildman–Crippen LogP) is 3.74. The molecule has 10 nitrogen and oxygen atoms in total. The highest BCUT2D eigenvalue weighted by atomic mass is 16.5. The predicted molar refractivity (Wildman–Crippen MR) is 126 cm³/mol. The number of fused-ring (bicyclic) bond motifs is 3. The molecule has 0 bridgehead atoms. The van der Waals surface area contributed by atoms with E-state index in [1.807, 2.05) is 0 Å². The van der Waals surface area contributed by atoms with Crippen molar-refractivity contribution in [1.29, 1.82) is 0 Å². The van der Waals surface area contributed by atoms with E-state index in [1.54, 1.807) is 18.2 Å². The molecule has 36 heavy (non-hydrogen) atoms. The lowest BCUT2D eigenvalue weighted by Crippen LogP contribution is -2.22. The summed E-state index contributed by atoms with van der Waals surface area (Å²) in [6.07, 6.45) is -0.143. The molecule has 1 atom stereocenters. The van der Waals surface area contributed by atoms with E-state index in [9.17, 15) is 30.0 Å². The molecular weight excluding hydrogens is 472 g/mol. The lowest BCUT2D eigenvalue weighted by molar-refractivity contribution is -0.135. The van der Waals surface area contributed by atoms with Crippen molar-refractivity contribution in [2.75, 3.05) is 14.2 Å². The Kier molecular flexibility index (Phi) is 5.36. The number of carbonyl (C=O) groups is 1. The Bertz CT molecular complexity index is 1600. The molecule has 1 aliphatic heterocycles. The van der Waals surface area contributed by atoms with E-state index in [2.05, 4.69) is 0 Å². The molecule has 0 fully saturated rings. The first kappa shape index (κ1) is 22.9. The third-order valence-corrected chi connectivity index (χ3v) is 6.11. The number of benzene rings is 3. The second-order valence-electron chi connectivity index (χ2n) is 8.14. The third kappa shape index (κ3) is 3.42. The first-order valence-corrected chi connectivity index (χ1v) is 10.7. The normalized spacial score (nSPS) is 14.8. The first-order valence-electron chi connectivity index (χ1n) is 10.7. The fourth-order valence-electron chi connectivity index (χ4n) is 4.49. The molecule has 1 aliphatic rings. The van der Waals surface area contributed by atoms with Gasteiger partial charge in [-0.1, -0.05) is 12.1 Å². The van der Waals surface area contributed by atoms with Gasteiger partial charge in [0.25, 0.3) is 0 Å². The molecule has 2 heterocycles. The minimum Gasteiger partial charge on any atom is -0.507 e. The molecule has 1 aromatic heterocycles. The zero-order valence-corrected chi connectivity index (χ0v) is 19.1. The number of ether oxygens (including phenoxy) is 3. The summed E-state index contributed by atoms with van der Waals surface area (Å²) in [5.41, 5.74) is -0.163. The summed E-state index contributed by atoms with van der Waals surface area (Å²) in [4.78, 5) is 25.7. The molecule has 4 aromatic rings. The Hall–Kier alpha value is -4.86. The molecule has 3 aromatic carbocycles. The molecule has 5 rings (SSSR count). The summed E-state index contributed by atoms with van der Waals surface area (Å²) >= 11 is 0. The third-order valence-electron chi connectivity index (χ3n) is 6.11. The van der Waals surface area contributed by atoms with Crippen LogP contribution in [0.4, 0.5) is 0 Å². The van der Waals surface area contributed by atoms with Gasteiger partial charge in [-0.3, -0.25) is 9.59 Å². The summed E-state index contributed by atoms with van der Waals surface area (Å²) in [6, 6.07) is 9.85. The van der Waals surface area contributed by atoms with Crippen LogP contribution in [0.15, 0.2) is 51.7 Å². The number of aromatic hydroxyl groups is 4. The van der Waals surface area contributed by atoms with Gasteiger partial charge in [-0.2, -0.15) is 0 Å². The van der Waals surface area contributed by atoms with Crippen LogP contribution < -0.4 is 19.6 Å². The number of carbonyl (C=O) groups excluding carboxylic acids is 1. The van der Waals surface area contributed by atoms with Crippen molar-refractivity contribution in [1.82, 2.24) is 0 Å². The van der Waals surface area contributed by atoms with Crippen LogP contribution in [0.5, 0.6) is 40.2 Å². The van der Waals surface area contributed by atoms with E-state index in [1.165, 1.54) is 20.3 Å². The lowest BCUT2D eigenvalue weighted by Gasteiger charge is -2.27. The molecule has 0 spiro atoms. The molecule has 0 amide bonds. The highest BCUT2D eigenvalue weighted by molar-refractivity contribution is 5.94. The second kappa shape index (κ2) is 8.42. The summed E-state index contributed by atoms with van der Waals surface area (Å²) in [5, 5.41) is 40.5.